The lowest BCUT2D eigenvalue weighted by Crippen LogP contribution is -2.30. The Morgan fingerprint density at radius 3 is 2.16 bits per heavy atom. The fraction of sp³-hybridized carbons (Fsp3) is 0.549. The molecule has 5 rings (SSSR count). The van der Waals surface area contributed by atoms with Crippen LogP contribution in [0.25, 0.3) is 10.8 Å². The van der Waals surface area contributed by atoms with Gasteiger partial charge in [0.25, 0.3) is 0 Å². The number of hydrogen-bond donors (Lipinski definition) is 1. The summed E-state index contributed by atoms with van der Waals surface area (Å²) in [6.07, 6.45) is 37.7. The van der Waals surface area contributed by atoms with Crippen molar-refractivity contribution in [3.8, 4) is 6.07 Å². The molecule has 0 radical (unpaired) electrons. The van der Waals surface area contributed by atoms with Gasteiger partial charge in [-0.2, -0.15) is 5.26 Å². The minimum absolute atomic E-state index is 0.307. The fourth-order valence-corrected chi connectivity index (χ4v) is 10.7. The van der Waals surface area contributed by atoms with Gasteiger partial charge in [0.15, 0.2) is 0 Å². The summed E-state index contributed by atoms with van der Waals surface area (Å²) >= 11 is 1.75. The predicted molar refractivity (Wildman–Crippen MR) is 243 cm³/mol. The number of fused-ring (bicyclic) bond motifs is 3. The zero-order valence-corrected chi connectivity index (χ0v) is 36.0. The summed E-state index contributed by atoms with van der Waals surface area (Å²) in [4.78, 5) is 27.0. The Morgan fingerprint density at radius 1 is 0.860 bits per heavy atom. The molecule has 1 aliphatic heterocycles. The SMILES string of the molecule is CCCCCCCCCCC(CCCCCCCCCC)(C/C(C#N)=C1\SC2=C(C=CC3CC=CC=C23)N1CCC=O)c1c(NCCC=O)ccc2ccccc12. The highest BCUT2D eigenvalue weighted by molar-refractivity contribution is 8.07. The fourth-order valence-electron chi connectivity index (χ4n) is 9.31. The summed E-state index contributed by atoms with van der Waals surface area (Å²) in [5.74, 6) is 0.345. The van der Waals surface area contributed by atoms with Crippen molar-refractivity contribution in [2.24, 2.45) is 5.92 Å². The van der Waals surface area contributed by atoms with Crippen LogP contribution in [-0.2, 0) is 15.0 Å². The molecule has 3 aliphatic rings. The maximum Gasteiger partial charge on any atom is 0.121 e. The van der Waals surface area contributed by atoms with Gasteiger partial charge in [-0.3, -0.25) is 0 Å². The molecular formula is C51H69N3O2S. The number of anilines is 1. The number of nitriles is 1. The van der Waals surface area contributed by atoms with Crippen LogP contribution in [0.5, 0.6) is 0 Å². The van der Waals surface area contributed by atoms with E-state index in [4.69, 9.17) is 0 Å². The molecule has 1 N–H and O–H groups in total. The van der Waals surface area contributed by atoms with Crippen LogP contribution in [0, 0.1) is 17.2 Å². The molecule has 1 heterocycles. The monoisotopic (exact) mass is 788 g/mol. The first-order valence-corrected chi connectivity index (χ1v) is 23.4. The Hall–Kier alpha value is -3.82. The Morgan fingerprint density at radius 2 is 1.51 bits per heavy atom. The lowest BCUT2D eigenvalue weighted by molar-refractivity contribution is -0.108. The smallest absolute Gasteiger partial charge is 0.121 e. The summed E-state index contributed by atoms with van der Waals surface area (Å²) in [6.45, 7) is 5.70. The molecule has 0 fully saturated rings. The summed E-state index contributed by atoms with van der Waals surface area (Å²) in [7, 11) is 0. The van der Waals surface area contributed by atoms with Gasteiger partial charge in [0.1, 0.15) is 12.6 Å². The quantitative estimate of drug-likeness (QED) is 0.0526. The second-order valence-corrected chi connectivity index (χ2v) is 17.6. The molecule has 1 unspecified atom stereocenters. The maximum atomic E-state index is 11.9. The first-order valence-electron chi connectivity index (χ1n) is 22.6. The van der Waals surface area contributed by atoms with Crippen molar-refractivity contribution in [3.63, 3.8) is 0 Å². The number of hydrogen-bond acceptors (Lipinski definition) is 6. The summed E-state index contributed by atoms with van der Waals surface area (Å²) in [5.41, 5.74) is 5.37. The summed E-state index contributed by atoms with van der Waals surface area (Å²) < 4.78 is 0. The number of carbonyl (C=O) groups excluding carboxylic acids is 2. The molecule has 0 spiro atoms. The van der Waals surface area contributed by atoms with E-state index in [0.29, 0.717) is 38.3 Å². The van der Waals surface area contributed by atoms with Gasteiger partial charge >= 0.3 is 0 Å². The van der Waals surface area contributed by atoms with E-state index in [-0.39, 0.29) is 5.41 Å². The molecule has 0 saturated heterocycles. The van der Waals surface area contributed by atoms with E-state index in [1.54, 1.807) is 11.8 Å². The van der Waals surface area contributed by atoms with Crippen molar-refractivity contribution in [1.82, 2.24) is 4.90 Å². The Kier molecular flexibility index (Phi) is 18.8. The molecule has 306 valence electrons. The summed E-state index contributed by atoms with van der Waals surface area (Å²) in [5, 5.41) is 18.5. The van der Waals surface area contributed by atoms with E-state index in [2.05, 4.69) is 96.9 Å². The van der Waals surface area contributed by atoms with Gasteiger partial charge in [0, 0.05) is 47.9 Å². The molecule has 2 aromatic rings. The Balaban J connectivity index is 1.59. The van der Waals surface area contributed by atoms with Crippen LogP contribution in [0.3, 0.4) is 0 Å². The van der Waals surface area contributed by atoms with E-state index in [1.807, 2.05) is 0 Å². The van der Waals surface area contributed by atoms with Gasteiger partial charge in [0.2, 0.25) is 0 Å². The zero-order chi connectivity index (χ0) is 40.1. The third-order valence-electron chi connectivity index (χ3n) is 12.4. The first-order chi connectivity index (χ1) is 28.1. The lowest BCUT2D eigenvalue weighted by Gasteiger charge is -2.38. The van der Waals surface area contributed by atoms with Gasteiger partial charge in [-0.05, 0) is 59.7 Å². The van der Waals surface area contributed by atoms with Crippen molar-refractivity contribution in [2.45, 2.75) is 161 Å². The first kappa shape index (κ1) is 44.3. The lowest BCUT2D eigenvalue weighted by atomic mass is 9.66. The van der Waals surface area contributed by atoms with Gasteiger partial charge in [-0.15, -0.1) is 0 Å². The number of nitrogens with zero attached hydrogens (tertiary/aromatic N) is 2. The van der Waals surface area contributed by atoms with E-state index in [9.17, 15) is 14.9 Å². The number of thioether (sulfide) groups is 1. The van der Waals surface area contributed by atoms with Crippen LogP contribution in [0.2, 0.25) is 0 Å². The molecule has 2 aliphatic carbocycles. The average molecular weight is 788 g/mol. The molecule has 1 atom stereocenters. The molecule has 5 nitrogen and oxygen atoms in total. The van der Waals surface area contributed by atoms with E-state index < -0.39 is 0 Å². The highest BCUT2D eigenvalue weighted by Crippen LogP contribution is 2.54. The number of unbranched alkanes of at least 4 members (excludes halogenated alkanes) is 14. The van der Waals surface area contributed by atoms with E-state index >= 15 is 0 Å². The minimum Gasteiger partial charge on any atom is -0.384 e. The van der Waals surface area contributed by atoms with Crippen molar-refractivity contribution < 1.29 is 9.59 Å². The average Bonchev–Trinajstić information content (AvgIpc) is 3.62. The van der Waals surface area contributed by atoms with Crippen molar-refractivity contribution in [3.05, 3.63) is 99.1 Å². The van der Waals surface area contributed by atoms with E-state index in [0.717, 1.165) is 66.7 Å². The normalized spacial score (nSPS) is 17.0. The molecular weight excluding hydrogens is 719 g/mol. The van der Waals surface area contributed by atoms with Gasteiger partial charge < -0.3 is 19.8 Å². The molecule has 2 aromatic carbocycles. The minimum atomic E-state index is -0.307. The van der Waals surface area contributed by atoms with Gasteiger partial charge in [-0.1, -0.05) is 183 Å². The molecule has 0 aromatic heterocycles. The molecule has 6 heteroatoms. The van der Waals surface area contributed by atoms with Crippen LogP contribution < -0.4 is 5.32 Å². The molecule has 57 heavy (non-hydrogen) atoms. The van der Waals surface area contributed by atoms with Crippen molar-refractivity contribution >= 4 is 40.8 Å². The van der Waals surface area contributed by atoms with Gasteiger partial charge in [0.05, 0.1) is 22.4 Å². The van der Waals surface area contributed by atoms with Crippen molar-refractivity contribution in [1.29, 1.82) is 5.26 Å². The third kappa shape index (κ3) is 12.1. The summed E-state index contributed by atoms with van der Waals surface area (Å²) in [6, 6.07) is 16.0. The number of benzene rings is 2. The number of rotatable bonds is 28. The van der Waals surface area contributed by atoms with Crippen molar-refractivity contribution in [2.75, 3.05) is 18.4 Å². The molecule has 0 bridgehead atoms. The van der Waals surface area contributed by atoms with Crippen LogP contribution >= 0.6 is 11.8 Å². The zero-order valence-electron chi connectivity index (χ0n) is 35.2. The van der Waals surface area contributed by atoms with Crippen LogP contribution in [-0.4, -0.2) is 30.6 Å². The van der Waals surface area contributed by atoms with Crippen LogP contribution in [0.1, 0.15) is 161 Å². The Labute approximate surface area is 349 Å². The number of carbonyl (C=O) groups is 2. The number of allylic oxidation sites excluding steroid dienone is 7. The third-order valence-corrected chi connectivity index (χ3v) is 13.7. The maximum absolute atomic E-state index is 11.9. The predicted octanol–water partition coefficient (Wildman–Crippen LogP) is 14.2. The van der Waals surface area contributed by atoms with E-state index in [1.165, 1.54) is 117 Å². The molecule has 0 amide bonds. The topological polar surface area (TPSA) is 73.2 Å². The van der Waals surface area contributed by atoms with Gasteiger partial charge in [-0.25, -0.2) is 0 Å². The number of nitrogens with one attached hydrogen (secondary N) is 1. The van der Waals surface area contributed by atoms with Crippen LogP contribution in [0.15, 0.2) is 93.6 Å². The Bertz CT molecular complexity index is 1790. The second kappa shape index (κ2) is 24.2. The largest absolute Gasteiger partial charge is 0.384 e. The molecule has 0 saturated carbocycles. The number of aldehydes is 2. The highest BCUT2D eigenvalue weighted by atomic mass is 32.2. The standard InChI is InChI=1S/C51H69N3O2S/c1-3-5-7-9-11-13-15-21-33-51(34-22-16-14-12-10-8-6-4-2,48-44-27-19-17-25-41(44)29-31-46(48)53-35-23-37-55)39-43(40-52)50-54(36-24-38-56)47-32-30-42-26-18-20-28-45(42)49(47)57-50/h17-20,25,27-32,37-38,42,53H,3-16,21-24,26,33-36,39H2,1-2H3/b50-43+. The highest BCUT2D eigenvalue weighted by Gasteiger charge is 2.40. The van der Waals surface area contributed by atoms with Crippen LogP contribution in [0.4, 0.5) is 5.69 Å². The second-order valence-electron chi connectivity index (χ2n) is 16.6.